The molecule has 62 heavy (non-hydrogen) atoms. The van der Waals surface area contributed by atoms with Crippen molar-refractivity contribution in [3.05, 3.63) is 60.8 Å². The van der Waals surface area contributed by atoms with E-state index < -0.39 is 26.6 Å². The van der Waals surface area contributed by atoms with E-state index in [0.29, 0.717) is 17.4 Å². The van der Waals surface area contributed by atoms with Gasteiger partial charge in [-0.1, -0.05) is 197 Å². The Morgan fingerprint density at radius 2 is 0.952 bits per heavy atom. The third-order valence-electron chi connectivity index (χ3n) is 11.2. The molecule has 8 nitrogen and oxygen atoms in total. The molecule has 2 N–H and O–H groups in total. The van der Waals surface area contributed by atoms with Crippen molar-refractivity contribution in [1.82, 2.24) is 5.32 Å². The van der Waals surface area contributed by atoms with E-state index in [1.807, 2.05) is 27.2 Å². The molecule has 0 aliphatic rings. The SMILES string of the molecule is CCCCC/C=C\C/C=C\CCCCCCCC(=O)NC(COP(=O)([O-])OCC[N+](C)(C)C)C(O)/C=C/CC/C=C/CC/C=C/CCCCCCCCCCCCCCCCC. The van der Waals surface area contributed by atoms with Crippen LogP contribution in [-0.2, 0) is 18.4 Å². The van der Waals surface area contributed by atoms with Gasteiger partial charge in [-0.3, -0.25) is 9.36 Å². The summed E-state index contributed by atoms with van der Waals surface area (Å²) in [6, 6.07) is -0.919. The van der Waals surface area contributed by atoms with Crippen LogP contribution in [0.15, 0.2) is 60.8 Å². The van der Waals surface area contributed by atoms with Gasteiger partial charge in [0.15, 0.2) is 0 Å². The Morgan fingerprint density at radius 3 is 1.44 bits per heavy atom. The quantitative estimate of drug-likeness (QED) is 0.0273. The second kappa shape index (κ2) is 44.4. The Morgan fingerprint density at radius 1 is 0.565 bits per heavy atom. The van der Waals surface area contributed by atoms with Crippen LogP contribution in [0.4, 0.5) is 0 Å². The first-order chi connectivity index (χ1) is 30.0. The van der Waals surface area contributed by atoms with Crippen molar-refractivity contribution >= 4 is 13.7 Å². The highest BCUT2D eigenvalue weighted by Crippen LogP contribution is 2.38. The van der Waals surface area contributed by atoms with Crippen LogP contribution >= 0.6 is 7.82 Å². The number of quaternary nitrogens is 1. The number of aliphatic hydroxyl groups is 1. The number of phosphoric ester groups is 1. The maximum absolute atomic E-state index is 12.9. The van der Waals surface area contributed by atoms with Crippen molar-refractivity contribution < 1.29 is 32.9 Å². The van der Waals surface area contributed by atoms with Crippen LogP contribution in [0, 0.1) is 0 Å². The molecule has 0 spiro atoms. The molecule has 0 saturated carbocycles. The normalized spacial score (nSPS) is 14.6. The molecule has 0 aromatic carbocycles. The molecule has 9 heteroatoms. The van der Waals surface area contributed by atoms with Crippen LogP contribution in [0.1, 0.15) is 219 Å². The van der Waals surface area contributed by atoms with E-state index in [-0.39, 0.29) is 12.5 Å². The van der Waals surface area contributed by atoms with Gasteiger partial charge in [-0.05, 0) is 77.0 Å². The lowest BCUT2D eigenvalue weighted by atomic mass is 10.0. The standard InChI is InChI=1S/C53H99N2O6P/c1-6-8-10-12-14-16-18-20-22-23-24-25-26-27-28-29-30-31-33-34-36-38-40-42-44-46-52(56)51(50-61-62(58,59)60-49-48-55(3,4)5)54-53(57)47-45-43-41-39-37-35-32-21-19-17-15-13-11-9-7-2/h15,17,21,30-32,36,38,44,46,51-52,56H,6-14,16,18-20,22-29,33-35,37,39-43,45,47-50H2,1-5H3,(H-,54,57,58,59)/b17-15-,31-30+,32-21-,38-36+,46-44+. The van der Waals surface area contributed by atoms with Crippen LogP contribution < -0.4 is 10.2 Å². The molecule has 3 unspecified atom stereocenters. The number of carbonyl (C=O) groups excluding carboxylic acids is 1. The minimum Gasteiger partial charge on any atom is -0.756 e. The topological polar surface area (TPSA) is 108 Å². The Bertz CT molecular complexity index is 1190. The fraction of sp³-hybridized carbons (Fsp3) is 0.792. The summed E-state index contributed by atoms with van der Waals surface area (Å²) in [4.78, 5) is 25.4. The van der Waals surface area contributed by atoms with Crippen molar-refractivity contribution in [3.63, 3.8) is 0 Å². The van der Waals surface area contributed by atoms with Gasteiger partial charge >= 0.3 is 0 Å². The minimum absolute atomic E-state index is 0.0139. The molecule has 0 aromatic rings. The monoisotopic (exact) mass is 891 g/mol. The third kappa shape index (κ3) is 46.2. The number of hydrogen-bond acceptors (Lipinski definition) is 6. The largest absolute Gasteiger partial charge is 0.756 e. The van der Waals surface area contributed by atoms with Gasteiger partial charge in [-0.25, -0.2) is 0 Å². The Hall–Kier alpha value is -1.80. The molecule has 0 radical (unpaired) electrons. The Balaban J connectivity index is 4.38. The van der Waals surface area contributed by atoms with E-state index in [9.17, 15) is 19.4 Å². The highest BCUT2D eigenvalue weighted by atomic mass is 31.2. The first-order valence-corrected chi connectivity index (χ1v) is 27.1. The summed E-state index contributed by atoms with van der Waals surface area (Å²) in [6.07, 6.45) is 58.6. The lowest BCUT2D eigenvalue weighted by Crippen LogP contribution is -2.45. The number of phosphoric acid groups is 1. The molecule has 1 amide bonds. The van der Waals surface area contributed by atoms with Crippen molar-refractivity contribution in [2.45, 2.75) is 231 Å². The van der Waals surface area contributed by atoms with E-state index in [4.69, 9.17) is 9.05 Å². The number of rotatable bonds is 46. The van der Waals surface area contributed by atoms with Crippen LogP contribution in [0.3, 0.4) is 0 Å². The molecule has 0 saturated heterocycles. The molecule has 3 atom stereocenters. The van der Waals surface area contributed by atoms with E-state index >= 15 is 0 Å². The van der Waals surface area contributed by atoms with Crippen LogP contribution in [0.5, 0.6) is 0 Å². The zero-order valence-corrected chi connectivity index (χ0v) is 42.0. The molecule has 0 rings (SSSR count). The number of hydrogen-bond donors (Lipinski definition) is 2. The van der Waals surface area contributed by atoms with Crippen molar-refractivity contribution in [2.24, 2.45) is 0 Å². The van der Waals surface area contributed by atoms with Crippen molar-refractivity contribution in [3.8, 4) is 0 Å². The van der Waals surface area contributed by atoms with Gasteiger partial charge < -0.3 is 28.8 Å². The van der Waals surface area contributed by atoms with E-state index in [2.05, 4.69) is 67.8 Å². The van der Waals surface area contributed by atoms with E-state index in [1.165, 1.54) is 128 Å². The number of nitrogens with zero attached hydrogens (tertiary/aromatic N) is 1. The number of nitrogens with one attached hydrogen (secondary N) is 1. The fourth-order valence-corrected chi connectivity index (χ4v) is 7.82. The van der Waals surface area contributed by atoms with Crippen molar-refractivity contribution in [2.75, 3.05) is 40.9 Å². The molecule has 0 fully saturated rings. The minimum atomic E-state index is -4.61. The van der Waals surface area contributed by atoms with Gasteiger partial charge in [0.1, 0.15) is 13.2 Å². The first kappa shape index (κ1) is 60.2. The molecule has 362 valence electrons. The fourth-order valence-electron chi connectivity index (χ4n) is 7.10. The zero-order chi connectivity index (χ0) is 45.7. The number of carbonyl (C=O) groups is 1. The van der Waals surface area contributed by atoms with E-state index in [1.54, 1.807) is 6.08 Å². The molecular weight excluding hydrogens is 792 g/mol. The Labute approximate surface area is 383 Å². The summed E-state index contributed by atoms with van der Waals surface area (Å²) in [6.45, 7) is 4.58. The molecule has 0 aromatic heterocycles. The highest BCUT2D eigenvalue weighted by Gasteiger charge is 2.23. The number of amides is 1. The van der Waals surface area contributed by atoms with Gasteiger partial charge in [0.05, 0.1) is 39.9 Å². The summed E-state index contributed by atoms with van der Waals surface area (Å²) >= 11 is 0. The summed E-state index contributed by atoms with van der Waals surface area (Å²) in [5.41, 5.74) is 0. The lowest BCUT2D eigenvalue weighted by molar-refractivity contribution is -0.870. The average molecular weight is 891 g/mol. The number of allylic oxidation sites excluding steroid dienone is 9. The molecule has 0 bridgehead atoms. The smallest absolute Gasteiger partial charge is 0.268 e. The molecule has 0 aliphatic carbocycles. The van der Waals surface area contributed by atoms with Crippen LogP contribution in [0.2, 0.25) is 0 Å². The van der Waals surface area contributed by atoms with Crippen LogP contribution in [0.25, 0.3) is 0 Å². The number of aliphatic hydroxyl groups excluding tert-OH is 1. The summed E-state index contributed by atoms with van der Waals surface area (Å²) < 4.78 is 23.2. The maximum Gasteiger partial charge on any atom is 0.268 e. The second-order valence-corrected chi connectivity index (χ2v) is 19.9. The van der Waals surface area contributed by atoms with Crippen molar-refractivity contribution in [1.29, 1.82) is 0 Å². The predicted molar refractivity (Wildman–Crippen MR) is 265 cm³/mol. The molecular formula is C53H99N2O6P. The first-order valence-electron chi connectivity index (χ1n) is 25.7. The van der Waals surface area contributed by atoms with Gasteiger partial charge in [0.25, 0.3) is 7.82 Å². The average Bonchev–Trinajstić information content (AvgIpc) is 3.23. The predicted octanol–water partition coefficient (Wildman–Crippen LogP) is 14.3. The van der Waals surface area contributed by atoms with Crippen LogP contribution in [-0.4, -0.2) is 68.5 Å². The summed E-state index contributed by atoms with van der Waals surface area (Å²) in [7, 11) is 1.22. The molecule has 0 aliphatic heterocycles. The second-order valence-electron chi connectivity index (χ2n) is 18.5. The lowest BCUT2D eigenvalue weighted by Gasteiger charge is -2.29. The maximum atomic E-state index is 12.9. The zero-order valence-electron chi connectivity index (χ0n) is 41.1. The number of likely N-dealkylation sites (N-methyl/N-ethyl adjacent to an activating group) is 1. The summed E-state index contributed by atoms with van der Waals surface area (Å²) in [5.74, 6) is -0.227. The third-order valence-corrected chi connectivity index (χ3v) is 12.1. The van der Waals surface area contributed by atoms with Gasteiger partial charge in [0.2, 0.25) is 5.91 Å². The van der Waals surface area contributed by atoms with Gasteiger partial charge in [-0.2, -0.15) is 0 Å². The highest BCUT2D eigenvalue weighted by molar-refractivity contribution is 7.45. The van der Waals surface area contributed by atoms with Gasteiger partial charge in [-0.15, -0.1) is 0 Å². The van der Waals surface area contributed by atoms with Gasteiger partial charge in [0, 0.05) is 6.42 Å². The molecule has 0 heterocycles. The van der Waals surface area contributed by atoms with E-state index in [0.717, 1.165) is 70.6 Å². The number of unbranched alkanes of at least 4 members (excludes halogenated alkanes) is 25. The Kier molecular flexibility index (Phi) is 43.1. The summed E-state index contributed by atoms with van der Waals surface area (Å²) in [5, 5.41) is 13.8.